The maximum absolute atomic E-state index is 9.52. The van der Waals surface area contributed by atoms with Crippen molar-refractivity contribution in [3.63, 3.8) is 0 Å². The summed E-state index contributed by atoms with van der Waals surface area (Å²) in [7, 11) is 0. The molecule has 6 nitrogen and oxygen atoms in total. The molecule has 0 aliphatic carbocycles. The van der Waals surface area contributed by atoms with E-state index in [9.17, 15) is 15.3 Å². The third kappa shape index (κ3) is 18.0. The van der Waals surface area contributed by atoms with Crippen LogP contribution in [0.1, 0.15) is 135 Å². The molecule has 1 aromatic carbocycles. The first-order valence-corrected chi connectivity index (χ1v) is 17.0. The van der Waals surface area contributed by atoms with Crippen molar-refractivity contribution in [2.24, 2.45) is 5.92 Å². The normalized spacial score (nSPS) is 12.5. The summed E-state index contributed by atoms with van der Waals surface area (Å²) >= 11 is 0. The summed E-state index contributed by atoms with van der Waals surface area (Å²) in [5, 5.41) is 31.6. The van der Waals surface area contributed by atoms with Crippen LogP contribution >= 0.6 is 0 Å². The van der Waals surface area contributed by atoms with E-state index in [1.807, 2.05) is 6.07 Å². The first-order chi connectivity index (χ1) is 20.1. The number of hydrogen-bond acceptors (Lipinski definition) is 6. The van der Waals surface area contributed by atoms with Crippen molar-refractivity contribution in [3.05, 3.63) is 23.8 Å². The molecule has 0 heterocycles. The van der Waals surface area contributed by atoms with Crippen molar-refractivity contribution in [2.75, 3.05) is 39.6 Å². The molecule has 0 spiro atoms. The monoisotopic (exact) mass is 579 g/mol. The Morgan fingerprint density at radius 3 is 1.68 bits per heavy atom. The molecular formula is C35H65NO5. The minimum Gasteiger partial charge on any atom is -0.493 e. The summed E-state index contributed by atoms with van der Waals surface area (Å²) in [5.74, 6) is 2.21. The molecular weight excluding hydrogens is 514 g/mol. The van der Waals surface area contributed by atoms with E-state index in [0.717, 1.165) is 30.9 Å². The molecule has 1 unspecified atom stereocenters. The Kier molecular flexibility index (Phi) is 23.1. The molecule has 0 bridgehead atoms. The maximum atomic E-state index is 9.52. The largest absolute Gasteiger partial charge is 0.493 e. The molecule has 0 aliphatic rings. The van der Waals surface area contributed by atoms with Crippen molar-refractivity contribution in [3.8, 4) is 11.5 Å². The molecule has 0 saturated carbocycles. The predicted molar refractivity (Wildman–Crippen MR) is 172 cm³/mol. The number of unbranched alkanes of at least 4 members (excludes halogenated alkanes) is 13. The summed E-state index contributed by atoms with van der Waals surface area (Å²) < 4.78 is 12.3. The average molecular weight is 580 g/mol. The molecule has 41 heavy (non-hydrogen) atoms. The molecule has 6 heteroatoms. The standard InChI is InChI=1S/C35H65NO5/c1-4-7-9-10-11-12-13-14-15-16-17-18-19-21-32-24-33(40-23-22-36-35(28-37,29-38)30-39)26-34(25-32)41-27-31(6-3)20-8-5-2/h24-26,31,36-39H,4-23,27-30H2,1-3H3. The summed E-state index contributed by atoms with van der Waals surface area (Å²) in [6.07, 6.45) is 23.4. The zero-order valence-corrected chi connectivity index (χ0v) is 26.9. The van der Waals surface area contributed by atoms with Gasteiger partial charge in [-0.15, -0.1) is 0 Å². The Balaban J connectivity index is 2.52. The topological polar surface area (TPSA) is 91.2 Å². The molecule has 1 atom stereocenters. The van der Waals surface area contributed by atoms with Crippen molar-refractivity contribution in [1.82, 2.24) is 5.32 Å². The van der Waals surface area contributed by atoms with E-state index in [1.54, 1.807) is 0 Å². The highest BCUT2D eigenvalue weighted by molar-refractivity contribution is 5.38. The number of aryl methyl sites for hydroxylation is 1. The van der Waals surface area contributed by atoms with Crippen LogP contribution in [0.15, 0.2) is 18.2 Å². The van der Waals surface area contributed by atoms with Gasteiger partial charge in [-0.2, -0.15) is 0 Å². The number of nitrogens with one attached hydrogen (secondary N) is 1. The number of rotatable bonds is 29. The van der Waals surface area contributed by atoms with Gasteiger partial charge in [0.2, 0.25) is 0 Å². The third-order valence-corrected chi connectivity index (χ3v) is 8.32. The van der Waals surface area contributed by atoms with Gasteiger partial charge in [-0.3, -0.25) is 0 Å². The second-order valence-electron chi connectivity index (χ2n) is 12.1. The first kappa shape index (κ1) is 37.7. The van der Waals surface area contributed by atoms with Crippen LogP contribution in [0, 0.1) is 5.92 Å². The minimum absolute atomic E-state index is 0.344. The first-order valence-electron chi connectivity index (χ1n) is 17.0. The van der Waals surface area contributed by atoms with Crippen LogP contribution in [0.3, 0.4) is 0 Å². The number of aliphatic hydroxyl groups excluding tert-OH is 3. The quantitative estimate of drug-likeness (QED) is 0.0731. The van der Waals surface area contributed by atoms with Gasteiger partial charge in [0, 0.05) is 12.6 Å². The van der Waals surface area contributed by atoms with Crippen LogP contribution in [0.5, 0.6) is 11.5 Å². The maximum Gasteiger partial charge on any atom is 0.123 e. The molecule has 0 aliphatic heterocycles. The van der Waals surface area contributed by atoms with E-state index in [-0.39, 0.29) is 19.8 Å². The molecule has 0 amide bonds. The molecule has 0 radical (unpaired) electrons. The van der Waals surface area contributed by atoms with E-state index in [4.69, 9.17) is 9.47 Å². The van der Waals surface area contributed by atoms with Gasteiger partial charge in [0.05, 0.1) is 32.0 Å². The van der Waals surface area contributed by atoms with Crippen LogP contribution in [0.25, 0.3) is 0 Å². The Morgan fingerprint density at radius 1 is 0.659 bits per heavy atom. The summed E-state index contributed by atoms with van der Waals surface area (Å²) in [4.78, 5) is 0. The van der Waals surface area contributed by atoms with E-state index >= 15 is 0 Å². The molecule has 240 valence electrons. The van der Waals surface area contributed by atoms with Crippen molar-refractivity contribution >= 4 is 0 Å². The van der Waals surface area contributed by atoms with E-state index in [2.05, 4.69) is 38.2 Å². The highest BCUT2D eigenvalue weighted by Crippen LogP contribution is 2.26. The second kappa shape index (κ2) is 25.2. The Morgan fingerprint density at radius 2 is 1.17 bits per heavy atom. The fraction of sp³-hybridized carbons (Fsp3) is 0.829. The number of ether oxygens (including phenoxy) is 2. The van der Waals surface area contributed by atoms with Crippen molar-refractivity contribution in [1.29, 1.82) is 0 Å². The van der Waals surface area contributed by atoms with Gasteiger partial charge in [-0.05, 0) is 42.9 Å². The van der Waals surface area contributed by atoms with Crippen LogP contribution in [-0.2, 0) is 6.42 Å². The summed E-state index contributed by atoms with van der Waals surface area (Å²) in [6, 6.07) is 6.25. The van der Waals surface area contributed by atoms with E-state index in [0.29, 0.717) is 19.1 Å². The van der Waals surface area contributed by atoms with Gasteiger partial charge in [-0.1, -0.05) is 117 Å². The van der Waals surface area contributed by atoms with E-state index < -0.39 is 5.54 Å². The highest BCUT2D eigenvalue weighted by atomic mass is 16.5. The van der Waals surface area contributed by atoms with Crippen molar-refractivity contribution in [2.45, 2.75) is 142 Å². The smallest absolute Gasteiger partial charge is 0.123 e. The van der Waals surface area contributed by atoms with Gasteiger partial charge in [0.1, 0.15) is 18.1 Å². The van der Waals surface area contributed by atoms with Gasteiger partial charge < -0.3 is 30.1 Å². The molecule has 4 N–H and O–H groups in total. The Bertz CT molecular complexity index is 716. The zero-order valence-electron chi connectivity index (χ0n) is 26.9. The minimum atomic E-state index is -1.10. The predicted octanol–water partition coefficient (Wildman–Crippen LogP) is 7.60. The van der Waals surface area contributed by atoms with Crippen molar-refractivity contribution < 1.29 is 24.8 Å². The Labute approximate surface area is 252 Å². The molecule has 0 aromatic heterocycles. The SMILES string of the molecule is CCCCCCCCCCCCCCCc1cc(OCCNC(CO)(CO)CO)cc(OCC(CC)CCCC)c1. The van der Waals surface area contributed by atoms with Crippen LogP contribution in [0.2, 0.25) is 0 Å². The van der Waals surface area contributed by atoms with Gasteiger partial charge in [-0.25, -0.2) is 0 Å². The molecule has 1 aromatic rings. The third-order valence-electron chi connectivity index (χ3n) is 8.32. The zero-order chi connectivity index (χ0) is 30.0. The van der Waals surface area contributed by atoms with Gasteiger partial charge in [0.25, 0.3) is 0 Å². The lowest BCUT2D eigenvalue weighted by Gasteiger charge is -2.28. The molecule has 1 rings (SSSR count). The lowest BCUT2D eigenvalue weighted by atomic mass is 10.0. The molecule has 0 fully saturated rings. The number of hydrogen-bond donors (Lipinski definition) is 4. The Hall–Kier alpha value is -1.34. The lowest BCUT2D eigenvalue weighted by molar-refractivity contribution is 0.0405. The van der Waals surface area contributed by atoms with Crippen LogP contribution in [-0.4, -0.2) is 60.4 Å². The fourth-order valence-electron chi connectivity index (χ4n) is 5.20. The summed E-state index contributed by atoms with van der Waals surface area (Å²) in [5.41, 5.74) is 0.145. The number of benzene rings is 1. The van der Waals surface area contributed by atoms with Gasteiger partial charge >= 0.3 is 0 Å². The lowest BCUT2D eigenvalue weighted by Crippen LogP contribution is -2.55. The van der Waals surface area contributed by atoms with E-state index in [1.165, 1.54) is 108 Å². The van der Waals surface area contributed by atoms with Gasteiger partial charge in [0.15, 0.2) is 0 Å². The number of aliphatic hydroxyl groups is 3. The van der Waals surface area contributed by atoms with Crippen LogP contribution in [0.4, 0.5) is 0 Å². The summed E-state index contributed by atoms with van der Waals surface area (Å²) in [6.45, 7) is 7.20. The second-order valence-corrected chi connectivity index (χ2v) is 12.1. The average Bonchev–Trinajstić information content (AvgIpc) is 3.00. The fourth-order valence-corrected chi connectivity index (χ4v) is 5.20. The van der Waals surface area contributed by atoms with Crippen LogP contribution < -0.4 is 14.8 Å². The molecule has 0 saturated heterocycles. The highest BCUT2D eigenvalue weighted by Gasteiger charge is 2.26.